The lowest BCUT2D eigenvalue weighted by molar-refractivity contribution is -0.137. The number of hydrogen-bond acceptors (Lipinski definition) is 3. The first-order valence-electron chi connectivity index (χ1n) is 12.1. The van der Waals surface area contributed by atoms with Gasteiger partial charge in [0.05, 0.1) is 6.54 Å². The number of likely N-dealkylation sites (tertiary alicyclic amines) is 1. The van der Waals surface area contributed by atoms with Crippen molar-refractivity contribution in [1.82, 2.24) is 9.80 Å². The summed E-state index contributed by atoms with van der Waals surface area (Å²) in [5.74, 6) is -0.293. The summed E-state index contributed by atoms with van der Waals surface area (Å²) in [5, 5.41) is 3.42. The number of halogens is 1. The molecular weight excluding hydrogens is 450 g/mol. The highest BCUT2D eigenvalue weighted by atomic mass is 35.5. The fourth-order valence-electron chi connectivity index (χ4n) is 5.43. The first-order chi connectivity index (χ1) is 16.4. The predicted octanol–water partition coefficient (Wildman–Crippen LogP) is 4.77. The summed E-state index contributed by atoms with van der Waals surface area (Å²) in [6, 6.07) is 14.0. The SMILES string of the molecule is CCc1ccccc1NC(=O)CN(C)C(=O)C1CC2CCCCC2N1C(=O)c1cccc(Cl)c1. The van der Waals surface area contributed by atoms with Gasteiger partial charge in [-0.05, 0) is 61.4 Å². The van der Waals surface area contributed by atoms with E-state index in [0.717, 1.165) is 43.4 Å². The van der Waals surface area contributed by atoms with Crippen LogP contribution in [0.15, 0.2) is 48.5 Å². The molecule has 2 aliphatic rings. The molecule has 0 spiro atoms. The number of carbonyl (C=O) groups excluding carboxylic acids is 3. The summed E-state index contributed by atoms with van der Waals surface area (Å²) in [5.41, 5.74) is 2.30. The van der Waals surface area contributed by atoms with Crippen molar-refractivity contribution in [3.05, 3.63) is 64.7 Å². The molecule has 2 aromatic rings. The van der Waals surface area contributed by atoms with E-state index in [1.165, 1.54) is 4.90 Å². The van der Waals surface area contributed by atoms with E-state index >= 15 is 0 Å². The summed E-state index contributed by atoms with van der Waals surface area (Å²) in [7, 11) is 1.64. The highest BCUT2D eigenvalue weighted by Gasteiger charge is 2.48. The van der Waals surface area contributed by atoms with Crippen molar-refractivity contribution >= 4 is 35.0 Å². The van der Waals surface area contributed by atoms with E-state index in [4.69, 9.17) is 11.6 Å². The summed E-state index contributed by atoms with van der Waals surface area (Å²) in [6.07, 6.45) is 5.54. The van der Waals surface area contributed by atoms with Crippen molar-refractivity contribution in [2.75, 3.05) is 18.9 Å². The van der Waals surface area contributed by atoms with Crippen LogP contribution >= 0.6 is 11.6 Å². The Labute approximate surface area is 206 Å². The second kappa shape index (κ2) is 10.6. The quantitative estimate of drug-likeness (QED) is 0.646. The molecule has 34 heavy (non-hydrogen) atoms. The van der Waals surface area contributed by atoms with Crippen LogP contribution in [0.4, 0.5) is 5.69 Å². The molecule has 1 heterocycles. The van der Waals surface area contributed by atoms with Crippen LogP contribution in [-0.4, -0.2) is 53.2 Å². The van der Waals surface area contributed by atoms with Crippen molar-refractivity contribution < 1.29 is 14.4 Å². The Bertz CT molecular complexity index is 1070. The Morgan fingerprint density at radius 1 is 1.09 bits per heavy atom. The summed E-state index contributed by atoms with van der Waals surface area (Å²) >= 11 is 6.14. The zero-order valence-electron chi connectivity index (χ0n) is 19.8. The standard InChI is InChI=1S/C27H32ClN3O3/c1-3-18-9-4-6-13-22(18)29-25(32)17-30(2)27(34)24-16-19-10-5-7-14-23(19)31(24)26(33)20-11-8-12-21(28)15-20/h4,6,8-9,11-13,15,19,23-24H,3,5,7,10,14,16-17H2,1-2H3,(H,29,32). The number of nitrogens with zero attached hydrogens (tertiary/aromatic N) is 2. The second-order valence-electron chi connectivity index (χ2n) is 9.34. The van der Waals surface area contributed by atoms with Crippen molar-refractivity contribution in [3.63, 3.8) is 0 Å². The predicted molar refractivity (Wildman–Crippen MR) is 134 cm³/mol. The van der Waals surface area contributed by atoms with Crippen molar-refractivity contribution in [1.29, 1.82) is 0 Å². The number of fused-ring (bicyclic) bond motifs is 1. The van der Waals surface area contributed by atoms with Crippen molar-refractivity contribution in [2.45, 2.75) is 57.5 Å². The van der Waals surface area contributed by atoms with Crippen molar-refractivity contribution in [2.24, 2.45) is 5.92 Å². The number of amides is 3. The number of nitrogens with one attached hydrogen (secondary N) is 1. The average molecular weight is 482 g/mol. The van der Waals surface area contributed by atoms with Gasteiger partial charge < -0.3 is 15.1 Å². The number of benzene rings is 2. The van der Waals surface area contributed by atoms with Crippen LogP contribution in [0.25, 0.3) is 0 Å². The molecule has 1 aliphatic heterocycles. The van der Waals surface area contributed by atoms with Gasteiger partial charge in [0.25, 0.3) is 5.91 Å². The van der Waals surface area contributed by atoms with Crippen LogP contribution in [0.3, 0.4) is 0 Å². The molecular formula is C27H32ClN3O3. The molecule has 0 aromatic heterocycles. The zero-order chi connectivity index (χ0) is 24.2. The molecule has 1 aliphatic carbocycles. The van der Waals surface area contributed by atoms with E-state index < -0.39 is 6.04 Å². The maximum absolute atomic E-state index is 13.5. The smallest absolute Gasteiger partial charge is 0.254 e. The largest absolute Gasteiger partial charge is 0.335 e. The molecule has 0 bridgehead atoms. The Balaban J connectivity index is 1.50. The molecule has 2 fully saturated rings. The number of para-hydroxylation sites is 1. The summed E-state index contributed by atoms with van der Waals surface area (Å²) in [6.45, 7) is 1.97. The minimum atomic E-state index is -0.569. The lowest BCUT2D eigenvalue weighted by atomic mass is 9.84. The van der Waals surface area contributed by atoms with Crippen molar-refractivity contribution in [3.8, 4) is 0 Å². The number of anilines is 1. The highest BCUT2D eigenvalue weighted by Crippen LogP contribution is 2.41. The van der Waals surface area contributed by atoms with E-state index in [9.17, 15) is 14.4 Å². The topological polar surface area (TPSA) is 69.7 Å². The maximum atomic E-state index is 13.5. The zero-order valence-corrected chi connectivity index (χ0v) is 20.6. The van der Waals surface area contributed by atoms with Crippen LogP contribution < -0.4 is 5.32 Å². The normalized spacial score (nSPS) is 21.6. The number of rotatable bonds is 6. The Morgan fingerprint density at radius 3 is 2.62 bits per heavy atom. The Kier molecular flexibility index (Phi) is 7.57. The summed E-state index contributed by atoms with van der Waals surface area (Å²) < 4.78 is 0. The lowest BCUT2D eigenvalue weighted by Crippen LogP contribution is -2.51. The third-order valence-corrected chi connectivity index (χ3v) is 7.34. The van der Waals surface area contributed by atoms with E-state index in [1.807, 2.05) is 31.2 Å². The highest BCUT2D eigenvalue weighted by molar-refractivity contribution is 6.31. The molecule has 1 saturated heterocycles. The average Bonchev–Trinajstić information content (AvgIpc) is 3.22. The second-order valence-corrected chi connectivity index (χ2v) is 9.78. The van der Waals surface area contributed by atoms with Gasteiger partial charge in [-0.2, -0.15) is 0 Å². The first-order valence-corrected chi connectivity index (χ1v) is 12.5. The third-order valence-electron chi connectivity index (χ3n) is 7.11. The van der Waals surface area contributed by atoms with Crippen LogP contribution in [0.2, 0.25) is 5.02 Å². The molecule has 2 aromatic carbocycles. The number of carbonyl (C=O) groups is 3. The lowest BCUT2D eigenvalue weighted by Gasteiger charge is -2.34. The van der Waals surface area contributed by atoms with Gasteiger partial charge >= 0.3 is 0 Å². The molecule has 3 unspecified atom stereocenters. The molecule has 1 N–H and O–H groups in total. The van der Waals surface area contributed by atoms with Gasteiger partial charge in [0.2, 0.25) is 11.8 Å². The molecule has 3 amide bonds. The molecule has 7 heteroatoms. The summed E-state index contributed by atoms with van der Waals surface area (Å²) in [4.78, 5) is 43.0. The van der Waals surface area contributed by atoms with Gasteiger partial charge in [-0.1, -0.05) is 55.6 Å². The monoisotopic (exact) mass is 481 g/mol. The molecule has 6 nitrogen and oxygen atoms in total. The molecule has 4 rings (SSSR count). The van der Waals surface area contributed by atoms with E-state index in [1.54, 1.807) is 36.2 Å². The molecule has 0 radical (unpaired) electrons. The Hall–Kier alpha value is -2.86. The molecule has 180 valence electrons. The van der Waals surface area contributed by atoms with Gasteiger partial charge in [0, 0.05) is 29.4 Å². The van der Waals surface area contributed by atoms with E-state index in [0.29, 0.717) is 22.9 Å². The van der Waals surface area contributed by atoms with Gasteiger partial charge in [-0.25, -0.2) is 0 Å². The number of likely N-dealkylation sites (N-methyl/N-ethyl adjacent to an activating group) is 1. The van der Waals surface area contributed by atoms with Gasteiger partial charge in [-0.3, -0.25) is 14.4 Å². The first kappa shape index (κ1) is 24.3. The van der Waals surface area contributed by atoms with E-state index in [2.05, 4.69) is 5.32 Å². The molecule has 1 saturated carbocycles. The fourth-order valence-corrected chi connectivity index (χ4v) is 5.62. The van der Waals surface area contributed by atoms with Gasteiger partial charge in [-0.15, -0.1) is 0 Å². The third kappa shape index (κ3) is 5.12. The number of aryl methyl sites for hydroxylation is 1. The van der Waals surface area contributed by atoms with E-state index in [-0.39, 0.29) is 30.3 Å². The maximum Gasteiger partial charge on any atom is 0.254 e. The van der Waals surface area contributed by atoms with Crippen LogP contribution in [0.1, 0.15) is 54.9 Å². The Morgan fingerprint density at radius 2 is 1.85 bits per heavy atom. The van der Waals surface area contributed by atoms with Crippen LogP contribution in [0, 0.1) is 5.92 Å². The minimum Gasteiger partial charge on any atom is -0.335 e. The minimum absolute atomic E-state index is 0.0489. The van der Waals surface area contributed by atoms with Crippen LogP contribution in [0.5, 0.6) is 0 Å². The van der Waals surface area contributed by atoms with Gasteiger partial charge in [0.15, 0.2) is 0 Å². The van der Waals surface area contributed by atoms with Crippen LogP contribution in [-0.2, 0) is 16.0 Å². The van der Waals surface area contributed by atoms with Gasteiger partial charge in [0.1, 0.15) is 6.04 Å². The molecule has 3 atom stereocenters. The fraction of sp³-hybridized carbons (Fsp3) is 0.444. The number of hydrogen-bond donors (Lipinski definition) is 1.